The van der Waals surface area contributed by atoms with Crippen molar-refractivity contribution < 1.29 is 19.0 Å². The SMILES string of the molecule is C=C1c2cc(CN3CCCN(C(=O)OC(C)(C)C)CC3)sc2C(c2ccc(OC)c(OC)c2)=CN1C. The molecule has 2 aliphatic rings. The molecule has 0 spiro atoms. The highest BCUT2D eigenvalue weighted by Crippen LogP contribution is 2.43. The molecule has 0 saturated carbocycles. The second kappa shape index (κ2) is 10.6. The number of nitrogens with zero attached hydrogens (tertiary/aromatic N) is 3. The van der Waals surface area contributed by atoms with Crippen molar-refractivity contribution in [3.8, 4) is 11.5 Å². The Kier molecular flexibility index (Phi) is 7.66. The van der Waals surface area contributed by atoms with Gasteiger partial charge in [0.15, 0.2) is 11.5 Å². The van der Waals surface area contributed by atoms with Gasteiger partial charge in [-0.25, -0.2) is 4.79 Å². The molecule has 1 fully saturated rings. The summed E-state index contributed by atoms with van der Waals surface area (Å²) in [7, 11) is 5.34. The summed E-state index contributed by atoms with van der Waals surface area (Å²) in [6, 6.07) is 8.30. The van der Waals surface area contributed by atoms with Crippen LogP contribution in [0.25, 0.3) is 11.3 Å². The van der Waals surface area contributed by atoms with E-state index in [0.29, 0.717) is 18.0 Å². The van der Waals surface area contributed by atoms with Gasteiger partial charge in [-0.3, -0.25) is 4.90 Å². The minimum Gasteiger partial charge on any atom is -0.493 e. The Morgan fingerprint density at radius 2 is 1.81 bits per heavy atom. The molecule has 7 nitrogen and oxygen atoms in total. The van der Waals surface area contributed by atoms with Crippen molar-refractivity contribution in [2.75, 3.05) is 47.4 Å². The number of amides is 1. The molecule has 3 heterocycles. The first-order valence-corrected chi connectivity index (χ1v) is 13.1. The van der Waals surface area contributed by atoms with Crippen LogP contribution >= 0.6 is 11.3 Å². The van der Waals surface area contributed by atoms with Gasteiger partial charge >= 0.3 is 6.09 Å². The lowest BCUT2D eigenvalue weighted by molar-refractivity contribution is 0.0257. The summed E-state index contributed by atoms with van der Waals surface area (Å²) in [5.74, 6) is 1.42. The number of ether oxygens (including phenoxy) is 3. The van der Waals surface area contributed by atoms with Crippen molar-refractivity contribution in [1.82, 2.24) is 14.7 Å². The van der Waals surface area contributed by atoms with E-state index in [0.717, 1.165) is 55.0 Å². The van der Waals surface area contributed by atoms with E-state index in [1.807, 2.05) is 56.2 Å². The zero-order valence-corrected chi connectivity index (χ0v) is 23.0. The highest BCUT2D eigenvalue weighted by Gasteiger charge is 2.27. The first-order valence-electron chi connectivity index (χ1n) is 12.3. The van der Waals surface area contributed by atoms with Gasteiger partial charge in [0, 0.05) is 72.6 Å². The number of thiophene rings is 1. The molecule has 1 amide bonds. The smallest absolute Gasteiger partial charge is 0.410 e. The Hall–Kier alpha value is -2.97. The predicted molar refractivity (Wildman–Crippen MR) is 145 cm³/mol. The van der Waals surface area contributed by atoms with Gasteiger partial charge in [0.25, 0.3) is 0 Å². The minimum absolute atomic E-state index is 0.222. The lowest BCUT2D eigenvalue weighted by atomic mass is 9.97. The van der Waals surface area contributed by atoms with Crippen LogP contribution < -0.4 is 9.47 Å². The maximum Gasteiger partial charge on any atom is 0.410 e. The molecule has 36 heavy (non-hydrogen) atoms. The van der Waals surface area contributed by atoms with E-state index >= 15 is 0 Å². The van der Waals surface area contributed by atoms with Crippen molar-refractivity contribution in [1.29, 1.82) is 0 Å². The summed E-state index contributed by atoms with van der Waals surface area (Å²) in [6.07, 6.45) is 2.84. The average molecular weight is 512 g/mol. The summed E-state index contributed by atoms with van der Waals surface area (Å²) in [6.45, 7) is 14.1. The quantitative estimate of drug-likeness (QED) is 0.527. The number of hydrogen-bond acceptors (Lipinski definition) is 7. The van der Waals surface area contributed by atoms with E-state index in [9.17, 15) is 4.79 Å². The molecule has 8 heteroatoms. The van der Waals surface area contributed by atoms with Crippen molar-refractivity contribution in [3.63, 3.8) is 0 Å². The number of benzene rings is 1. The number of fused-ring (bicyclic) bond motifs is 1. The highest BCUT2D eigenvalue weighted by atomic mass is 32.1. The molecular weight excluding hydrogens is 474 g/mol. The van der Waals surface area contributed by atoms with Gasteiger partial charge in [-0.2, -0.15) is 0 Å². The average Bonchev–Trinajstić information content (AvgIpc) is 3.10. The molecule has 0 N–H and O–H groups in total. The largest absolute Gasteiger partial charge is 0.493 e. The fourth-order valence-electron chi connectivity index (χ4n) is 4.52. The Morgan fingerprint density at radius 1 is 1.06 bits per heavy atom. The second-order valence-corrected chi connectivity index (χ2v) is 11.4. The van der Waals surface area contributed by atoms with Gasteiger partial charge < -0.3 is 24.0 Å². The van der Waals surface area contributed by atoms with E-state index < -0.39 is 5.60 Å². The standard InChI is InChI=1S/C28H37N3O4S/c1-19-22-16-21(17-30-11-8-12-31(14-13-30)27(32)35-28(2,3)4)36-26(22)23(18-29(19)5)20-9-10-24(33-6)25(15-20)34-7/h9-10,15-16,18H,1,8,11-14,17H2,2-7H3. The van der Waals surface area contributed by atoms with E-state index in [-0.39, 0.29) is 6.09 Å². The molecular formula is C28H37N3O4S. The van der Waals surface area contributed by atoms with Crippen LogP contribution in [0.5, 0.6) is 11.5 Å². The first-order chi connectivity index (χ1) is 17.1. The van der Waals surface area contributed by atoms with Gasteiger partial charge in [0.05, 0.1) is 14.2 Å². The number of rotatable bonds is 5. The second-order valence-electron chi connectivity index (χ2n) is 10.2. The van der Waals surface area contributed by atoms with Crippen LogP contribution in [0.1, 0.15) is 48.1 Å². The molecule has 0 bridgehead atoms. The Balaban J connectivity index is 1.52. The van der Waals surface area contributed by atoms with Crippen LogP contribution in [0.4, 0.5) is 4.79 Å². The maximum atomic E-state index is 12.5. The van der Waals surface area contributed by atoms with Gasteiger partial charge in [0.2, 0.25) is 0 Å². The van der Waals surface area contributed by atoms with Crippen molar-refractivity contribution in [2.45, 2.75) is 39.3 Å². The molecule has 1 aromatic heterocycles. The first kappa shape index (κ1) is 26.1. The summed E-state index contributed by atoms with van der Waals surface area (Å²) < 4.78 is 16.6. The lowest BCUT2D eigenvalue weighted by Gasteiger charge is -2.26. The van der Waals surface area contributed by atoms with Crippen molar-refractivity contribution >= 4 is 28.7 Å². The Labute approximate surface area is 218 Å². The van der Waals surface area contributed by atoms with Crippen LogP contribution in [0.2, 0.25) is 0 Å². The zero-order valence-electron chi connectivity index (χ0n) is 22.2. The number of methoxy groups -OCH3 is 2. The molecule has 0 radical (unpaired) electrons. The van der Waals surface area contributed by atoms with E-state index in [2.05, 4.69) is 34.7 Å². The number of hydrogen-bond donors (Lipinski definition) is 0. The maximum absolute atomic E-state index is 12.5. The Bertz CT molecular complexity index is 1160. The van der Waals surface area contributed by atoms with Crippen LogP contribution in [0.3, 0.4) is 0 Å². The van der Waals surface area contributed by atoms with Crippen LogP contribution in [-0.4, -0.2) is 73.8 Å². The van der Waals surface area contributed by atoms with Gasteiger partial charge in [0.1, 0.15) is 5.60 Å². The van der Waals surface area contributed by atoms with Gasteiger partial charge in [-0.1, -0.05) is 12.6 Å². The van der Waals surface area contributed by atoms with E-state index in [4.69, 9.17) is 14.2 Å². The topological polar surface area (TPSA) is 54.5 Å². The molecule has 0 aliphatic carbocycles. The predicted octanol–water partition coefficient (Wildman–Crippen LogP) is 5.51. The lowest BCUT2D eigenvalue weighted by Crippen LogP contribution is -2.39. The highest BCUT2D eigenvalue weighted by molar-refractivity contribution is 7.13. The van der Waals surface area contributed by atoms with Gasteiger partial charge in [-0.15, -0.1) is 11.3 Å². The third-order valence-corrected chi connectivity index (χ3v) is 7.55. The van der Waals surface area contributed by atoms with Crippen LogP contribution in [-0.2, 0) is 11.3 Å². The molecule has 0 unspecified atom stereocenters. The summed E-state index contributed by atoms with van der Waals surface area (Å²) in [5, 5.41) is 0. The molecule has 1 aromatic carbocycles. The number of carbonyl (C=O) groups is 1. The fourth-order valence-corrected chi connectivity index (χ4v) is 5.78. The van der Waals surface area contributed by atoms with E-state index in [1.54, 1.807) is 14.2 Å². The Morgan fingerprint density at radius 3 is 2.50 bits per heavy atom. The molecule has 4 rings (SSSR count). The summed E-state index contributed by atoms with van der Waals surface area (Å²) >= 11 is 1.81. The zero-order chi connectivity index (χ0) is 26.0. The molecule has 0 atom stereocenters. The number of carbonyl (C=O) groups excluding carboxylic acids is 1. The van der Waals surface area contributed by atoms with Crippen molar-refractivity contribution in [2.24, 2.45) is 0 Å². The summed E-state index contributed by atoms with van der Waals surface area (Å²) in [4.78, 5) is 21.4. The minimum atomic E-state index is -0.478. The normalized spacial score (nSPS) is 16.8. The molecule has 194 valence electrons. The molecule has 2 aromatic rings. The monoisotopic (exact) mass is 511 g/mol. The van der Waals surface area contributed by atoms with Gasteiger partial charge in [-0.05, 0) is 51.0 Å². The van der Waals surface area contributed by atoms with Crippen LogP contribution in [0, 0.1) is 0 Å². The third-order valence-electron chi connectivity index (χ3n) is 6.40. The third kappa shape index (κ3) is 5.71. The van der Waals surface area contributed by atoms with Crippen molar-refractivity contribution in [3.05, 3.63) is 57.9 Å². The molecule has 1 saturated heterocycles. The summed E-state index contributed by atoms with van der Waals surface area (Å²) in [5.41, 5.74) is 3.89. The fraction of sp³-hybridized carbons (Fsp3) is 0.464. The molecule has 2 aliphatic heterocycles. The van der Waals surface area contributed by atoms with E-state index in [1.165, 1.54) is 9.75 Å². The van der Waals surface area contributed by atoms with Crippen LogP contribution in [0.15, 0.2) is 37.0 Å².